The Kier molecular flexibility index (Phi) is 4.44. The van der Waals surface area contributed by atoms with Crippen molar-refractivity contribution in [2.45, 2.75) is 45.2 Å². The smallest absolute Gasteiger partial charge is 0.237 e. The van der Waals surface area contributed by atoms with E-state index in [4.69, 9.17) is 4.74 Å². The third kappa shape index (κ3) is 3.97. The molecule has 1 aromatic carbocycles. The van der Waals surface area contributed by atoms with Gasteiger partial charge in [-0.15, -0.1) is 0 Å². The fraction of sp³-hybridized carbons (Fsp3) is 0.588. The molecule has 3 rings (SSSR count). The van der Waals surface area contributed by atoms with Gasteiger partial charge in [-0.25, -0.2) is 0 Å². The summed E-state index contributed by atoms with van der Waals surface area (Å²) in [7, 11) is 0. The van der Waals surface area contributed by atoms with Gasteiger partial charge in [0.1, 0.15) is 5.75 Å². The highest BCUT2D eigenvalue weighted by atomic mass is 16.5. The van der Waals surface area contributed by atoms with Crippen LogP contribution in [0.25, 0.3) is 0 Å². The number of carbonyl (C=O) groups is 1. The van der Waals surface area contributed by atoms with Crippen LogP contribution in [-0.4, -0.2) is 25.1 Å². The van der Waals surface area contributed by atoms with E-state index in [1.165, 1.54) is 18.4 Å². The molecule has 2 N–H and O–H groups in total. The molecule has 1 aliphatic heterocycles. The molecular weight excluding hydrogens is 264 g/mol. The Morgan fingerprint density at radius 3 is 2.95 bits per heavy atom. The molecule has 21 heavy (non-hydrogen) atoms. The van der Waals surface area contributed by atoms with E-state index in [2.05, 4.69) is 35.8 Å². The maximum atomic E-state index is 12.1. The average Bonchev–Trinajstić information content (AvgIpc) is 3.15. The number of rotatable bonds is 6. The lowest BCUT2D eigenvalue weighted by molar-refractivity contribution is -0.122. The van der Waals surface area contributed by atoms with E-state index in [1.54, 1.807) is 0 Å². The van der Waals surface area contributed by atoms with Crippen LogP contribution in [0.2, 0.25) is 0 Å². The molecule has 1 atom stereocenters. The van der Waals surface area contributed by atoms with Gasteiger partial charge >= 0.3 is 0 Å². The molecule has 0 spiro atoms. The molecule has 1 amide bonds. The van der Waals surface area contributed by atoms with Crippen molar-refractivity contribution in [3.63, 3.8) is 0 Å². The molecular formula is C17H24N2O2. The number of carbonyl (C=O) groups excluding carboxylic acids is 1. The van der Waals surface area contributed by atoms with Crippen molar-refractivity contribution in [1.29, 1.82) is 0 Å². The second kappa shape index (κ2) is 6.48. The SMILES string of the molecule is Cc1ccc(CNC(=O)C2CCCN2)c(OCC2CC2)c1. The van der Waals surface area contributed by atoms with Crippen molar-refractivity contribution < 1.29 is 9.53 Å². The van der Waals surface area contributed by atoms with Crippen LogP contribution in [0.5, 0.6) is 5.75 Å². The number of benzene rings is 1. The molecule has 2 aliphatic rings. The molecule has 1 heterocycles. The largest absolute Gasteiger partial charge is 0.493 e. The van der Waals surface area contributed by atoms with Gasteiger partial charge in [-0.1, -0.05) is 12.1 Å². The number of hydrogen-bond donors (Lipinski definition) is 2. The Balaban J connectivity index is 1.58. The molecule has 2 fully saturated rings. The fourth-order valence-corrected chi connectivity index (χ4v) is 2.65. The van der Waals surface area contributed by atoms with Crippen LogP contribution >= 0.6 is 0 Å². The molecule has 1 aliphatic carbocycles. The van der Waals surface area contributed by atoms with E-state index in [1.807, 2.05) is 0 Å². The van der Waals surface area contributed by atoms with Gasteiger partial charge in [0.05, 0.1) is 12.6 Å². The summed E-state index contributed by atoms with van der Waals surface area (Å²) in [6.07, 6.45) is 4.58. The van der Waals surface area contributed by atoms with E-state index < -0.39 is 0 Å². The standard InChI is InChI=1S/C17H24N2O2/c1-12-4-7-14(16(9-12)21-11-13-5-6-13)10-19-17(20)15-3-2-8-18-15/h4,7,9,13,15,18H,2-3,5-6,8,10-11H2,1H3,(H,19,20). The Labute approximate surface area is 126 Å². The first kappa shape index (κ1) is 14.4. The first-order valence-electron chi connectivity index (χ1n) is 7.96. The molecule has 1 unspecified atom stereocenters. The summed E-state index contributed by atoms with van der Waals surface area (Å²) in [5, 5.41) is 6.24. The highest BCUT2D eigenvalue weighted by molar-refractivity contribution is 5.82. The highest BCUT2D eigenvalue weighted by Crippen LogP contribution is 2.30. The summed E-state index contributed by atoms with van der Waals surface area (Å²) in [5.74, 6) is 1.75. The minimum absolute atomic E-state index is 0.0220. The highest BCUT2D eigenvalue weighted by Gasteiger charge is 2.23. The zero-order valence-corrected chi connectivity index (χ0v) is 12.7. The van der Waals surface area contributed by atoms with Crippen LogP contribution in [0.1, 0.15) is 36.8 Å². The Morgan fingerprint density at radius 1 is 1.38 bits per heavy atom. The first-order valence-corrected chi connectivity index (χ1v) is 7.96. The van der Waals surface area contributed by atoms with Gasteiger partial charge in [0, 0.05) is 12.1 Å². The van der Waals surface area contributed by atoms with Gasteiger partial charge in [-0.3, -0.25) is 4.79 Å². The molecule has 1 saturated heterocycles. The number of ether oxygens (including phenoxy) is 1. The molecule has 4 heteroatoms. The number of hydrogen-bond acceptors (Lipinski definition) is 3. The van der Waals surface area contributed by atoms with E-state index in [0.717, 1.165) is 43.2 Å². The molecule has 4 nitrogen and oxygen atoms in total. The van der Waals surface area contributed by atoms with Gasteiger partial charge in [-0.2, -0.15) is 0 Å². The van der Waals surface area contributed by atoms with Crippen LogP contribution in [0, 0.1) is 12.8 Å². The van der Waals surface area contributed by atoms with Crippen molar-refractivity contribution in [3.05, 3.63) is 29.3 Å². The lowest BCUT2D eigenvalue weighted by Gasteiger charge is -2.15. The Bertz CT molecular complexity index is 506. The lowest BCUT2D eigenvalue weighted by atomic mass is 10.1. The summed E-state index contributed by atoms with van der Waals surface area (Å²) in [6, 6.07) is 6.17. The maximum Gasteiger partial charge on any atom is 0.237 e. The zero-order valence-electron chi connectivity index (χ0n) is 12.7. The van der Waals surface area contributed by atoms with Crippen molar-refractivity contribution in [3.8, 4) is 5.75 Å². The Morgan fingerprint density at radius 2 is 2.24 bits per heavy atom. The molecule has 1 aromatic rings. The Hall–Kier alpha value is -1.55. The summed E-state index contributed by atoms with van der Waals surface area (Å²) in [6.45, 7) is 4.35. The topological polar surface area (TPSA) is 50.4 Å². The van der Waals surface area contributed by atoms with Crippen LogP contribution in [-0.2, 0) is 11.3 Å². The van der Waals surface area contributed by atoms with Crippen LogP contribution in [0.4, 0.5) is 0 Å². The third-order valence-corrected chi connectivity index (χ3v) is 4.22. The average molecular weight is 288 g/mol. The molecule has 114 valence electrons. The number of amides is 1. The predicted octanol–water partition coefficient (Wildman–Crippen LogP) is 2.15. The van der Waals surface area contributed by atoms with Crippen LogP contribution in [0.3, 0.4) is 0 Å². The fourth-order valence-electron chi connectivity index (χ4n) is 2.65. The van der Waals surface area contributed by atoms with Crippen molar-refractivity contribution in [2.24, 2.45) is 5.92 Å². The van der Waals surface area contributed by atoms with E-state index in [-0.39, 0.29) is 11.9 Å². The van der Waals surface area contributed by atoms with Crippen molar-refractivity contribution >= 4 is 5.91 Å². The van der Waals surface area contributed by atoms with E-state index in [9.17, 15) is 4.79 Å². The van der Waals surface area contributed by atoms with Crippen molar-refractivity contribution in [1.82, 2.24) is 10.6 Å². The second-order valence-corrected chi connectivity index (χ2v) is 6.23. The monoisotopic (exact) mass is 288 g/mol. The van der Waals surface area contributed by atoms with E-state index >= 15 is 0 Å². The predicted molar refractivity (Wildman–Crippen MR) is 82.3 cm³/mol. The van der Waals surface area contributed by atoms with Gasteiger partial charge in [0.2, 0.25) is 5.91 Å². The molecule has 0 radical (unpaired) electrons. The summed E-state index contributed by atoms with van der Waals surface area (Å²) in [4.78, 5) is 12.1. The minimum atomic E-state index is -0.0220. The van der Waals surface area contributed by atoms with Gasteiger partial charge in [0.25, 0.3) is 0 Å². The van der Waals surface area contributed by atoms with E-state index in [0.29, 0.717) is 6.54 Å². The summed E-state index contributed by atoms with van der Waals surface area (Å²) >= 11 is 0. The molecule has 1 saturated carbocycles. The van der Waals surface area contributed by atoms with Crippen LogP contribution < -0.4 is 15.4 Å². The minimum Gasteiger partial charge on any atom is -0.493 e. The quantitative estimate of drug-likeness (QED) is 0.843. The number of nitrogens with one attached hydrogen (secondary N) is 2. The summed E-state index contributed by atoms with van der Waals surface area (Å²) < 4.78 is 5.93. The summed E-state index contributed by atoms with van der Waals surface area (Å²) in [5.41, 5.74) is 2.25. The zero-order chi connectivity index (χ0) is 14.7. The lowest BCUT2D eigenvalue weighted by Crippen LogP contribution is -2.40. The van der Waals surface area contributed by atoms with Crippen LogP contribution in [0.15, 0.2) is 18.2 Å². The number of aryl methyl sites for hydroxylation is 1. The third-order valence-electron chi connectivity index (χ3n) is 4.22. The normalized spacial score (nSPS) is 21.3. The van der Waals surface area contributed by atoms with Gasteiger partial charge in [-0.05, 0) is 56.7 Å². The first-order chi connectivity index (χ1) is 10.2. The van der Waals surface area contributed by atoms with Gasteiger partial charge < -0.3 is 15.4 Å². The van der Waals surface area contributed by atoms with Crippen molar-refractivity contribution in [2.75, 3.05) is 13.2 Å². The molecule has 0 bridgehead atoms. The van der Waals surface area contributed by atoms with Gasteiger partial charge in [0.15, 0.2) is 0 Å². The molecule has 0 aromatic heterocycles. The maximum absolute atomic E-state index is 12.1. The second-order valence-electron chi connectivity index (χ2n) is 6.23.